The lowest BCUT2D eigenvalue weighted by Crippen LogP contribution is -2.50. The van der Waals surface area contributed by atoms with Crippen molar-refractivity contribution in [2.24, 2.45) is 0 Å². The molecule has 0 spiro atoms. The Kier molecular flexibility index (Phi) is 5.33. The van der Waals surface area contributed by atoms with E-state index in [1.807, 2.05) is 0 Å². The van der Waals surface area contributed by atoms with Gasteiger partial charge in [0.1, 0.15) is 0 Å². The highest BCUT2D eigenvalue weighted by molar-refractivity contribution is 6.30. The third kappa shape index (κ3) is 4.36. The molecule has 2 heterocycles. The Labute approximate surface area is 150 Å². The van der Waals surface area contributed by atoms with Crippen LogP contribution in [0.3, 0.4) is 0 Å². The molecule has 0 unspecified atom stereocenters. The van der Waals surface area contributed by atoms with E-state index >= 15 is 0 Å². The summed E-state index contributed by atoms with van der Waals surface area (Å²) in [6.45, 7) is 3.82. The normalized spacial score (nSPS) is 14.6. The number of hydrogen-bond donors (Lipinski definition) is 0. The molecule has 0 N–H and O–H groups in total. The van der Waals surface area contributed by atoms with Gasteiger partial charge in [-0.25, -0.2) is 0 Å². The largest absolute Gasteiger partial charge is 0.426 e. The zero-order valence-corrected chi connectivity index (χ0v) is 14.7. The molecule has 132 valence electrons. The van der Waals surface area contributed by atoms with Gasteiger partial charge in [-0.15, -0.1) is 10.2 Å². The second kappa shape index (κ2) is 7.65. The predicted octanol–water partition coefficient (Wildman–Crippen LogP) is 1.95. The van der Waals surface area contributed by atoms with Gasteiger partial charge in [-0.1, -0.05) is 11.6 Å². The minimum absolute atomic E-state index is 0.0365. The quantitative estimate of drug-likeness (QED) is 0.830. The van der Waals surface area contributed by atoms with Gasteiger partial charge in [0.05, 0.1) is 0 Å². The van der Waals surface area contributed by atoms with Gasteiger partial charge in [0.2, 0.25) is 17.7 Å². The van der Waals surface area contributed by atoms with Crippen molar-refractivity contribution in [1.29, 1.82) is 0 Å². The van der Waals surface area contributed by atoms with E-state index in [-0.39, 0.29) is 11.8 Å². The van der Waals surface area contributed by atoms with Crippen molar-refractivity contribution >= 4 is 23.4 Å². The molecular formula is C17H19ClN4O3. The van der Waals surface area contributed by atoms with E-state index < -0.39 is 0 Å². The molecule has 25 heavy (non-hydrogen) atoms. The van der Waals surface area contributed by atoms with Crippen molar-refractivity contribution in [3.05, 3.63) is 46.6 Å². The number of benzene rings is 1. The minimum atomic E-state index is -0.0369. The first-order valence-electron chi connectivity index (χ1n) is 8.14. The Hall–Kier alpha value is -2.41. The number of nitrogens with zero attached hydrogens (tertiary/aromatic N) is 4. The molecule has 0 aliphatic carbocycles. The Balaban J connectivity index is 1.48. The smallest absolute Gasteiger partial charge is 0.253 e. The highest BCUT2D eigenvalue weighted by Crippen LogP contribution is 2.14. The van der Waals surface area contributed by atoms with Crippen molar-refractivity contribution in [2.45, 2.75) is 19.8 Å². The Morgan fingerprint density at radius 1 is 1.08 bits per heavy atom. The van der Waals surface area contributed by atoms with Crippen LogP contribution in [-0.4, -0.2) is 58.0 Å². The van der Waals surface area contributed by atoms with Crippen molar-refractivity contribution in [1.82, 2.24) is 20.0 Å². The van der Waals surface area contributed by atoms with Crippen LogP contribution in [0.25, 0.3) is 0 Å². The Morgan fingerprint density at radius 2 is 1.72 bits per heavy atom. The molecule has 8 heteroatoms. The molecule has 2 aromatic rings. The van der Waals surface area contributed by atoms with Gasteiger partial charge in [-0.3, -0.25) is 9.59 Å². The van der Waals surface area contributed by atoms with Crippen LogP contribution in [0.4, 0.5) is 0 Å². The first kappa shape index (κ1) is 17.4. The number of carbonyl (C=O) groups is 2. The van der Waals surface area contributed by atoms with Gasteiger partial charge in [0, 0.05) is 56.5 Å². The average molecular weight is 363 g/mol. The molecule has 1 aliphatic rings. The maximum atomic E-state index is 12.5. The summed E-state index contributed by atoms with van der Waals surface area (Å²) in [6.07, 6.45) is 0.760. The highest BCUT2D eigenvalue weighted by Gasteiger charge is 2.24. The third-order valence-corrected chi connectivity index (χ3v) is 4.38. The number of aromatic nitrogens is 2. The molecule has 1 aromatic carbocycles. The van der Waals surface area contributed by atoms with Crippen LogP contribution < -0.4 is 0 Å². The fourth-order valence-corrected chi connectivity index (χ4v) is 2.87. The number of rotatable bonds is 4. The van der Waals surface area contributed by atoms with Gasteiger partial charge in [0.15, 0.2) is 0 Å². The summed E-state index contributed by atoms with van der Waals surface area (Å²) in [7, 11) is 0. The monoisotopic (exact) mass is 362 g/mol. The Morgan fingerprint density at radius 3 is 2.32 bits per heavy atom. The summed E-state index contributed by atoms with van der Waals surface area (Å²) < 4.78 is 5.27. The SMILES string of the molecule is Cc1nnc(CCC(=O)N2CCN(C(=O)c3ccc(Cl)cc3)CC2)o1. The third-order valence-electron chi connectivity index (χ3n) is 4.13. The van der Waals surface area contributed by atoms with E-state index in [1.54, 1.807) is 41.0 Å². The predicted molar refractivity (Wildman–Crippen MR) is 91.3 cm³/mol. The second-order valence-electron chi connectivity index (χ2n) is 5.89. The minimum Gasteiger partial charge on any atom is -0.426 e. The maximum Gasteiger partial charge on any atom is 0.253 e. The number of aryl methyl sites for hydroxylation is 2. The number of halogens is 1. The molecule has 1 fully saturated rings. The fraction of sp³-hybridized carbons (Fsp3) is 0.412. The van der Waals surface area contributed by atoms with Crippen LogP contribution in [0.2, 0.25) is 5.02 Å². The van der Waals surface area contributed by atoms with E-state index in [1.165, 1.54) is 0 Å². The first-order valence-corrected chi connectivity index (χ1v) is 8.52. The Bertz CT molecular complexity index is 752. The van der Waals surface area contributed by atoms with Crippen LogP contribution in [0.15, 0.2) is 28.7 Å². The molecular weight excluding hydrogens is 344 g/mol. The summed E-state index contributed by atoms with van der Waals surface area (Å²) in [4.78, 5) is 28.3. The lowest BCUT2D eigenvalue weighted by molar-refractivity contribution is -0.132. The van der Waals surface area contributed by atoms with E-state index in [4.69, 9.17) is 16.0 Å². The molecule has 2 amide bonds. The number of piperazine rings is 1. The van der Waals surface area contributed by atoms with Gasteiger partial charge in [-0.2, -0.15) is 0 Å². The van der Waals surface area contributed by atoms with Crippen molar-refractivity contribution in [2.75, 3.05) is 26.2 Å². The molecule has 0 saturated carbocycles. The molecule has 0 bridgehead atoms. The average Bonchev–Trinajstić information content (AvgIpc) is 3.05. The van der Waals surface area contributed by atoms with E-state index in [0.717, 1.165) is 0 Å². The molecule has 1 saturated heterocycles. The molecule has 7 nitrogen and oxygen atoms in total. The topological polar surface area (TPSA) is 79.5 Å². The standard InChI is InChI=1S/C17H19ClN4O3/c1-12-19-20-15(25-12)6-7-16(23)21-8-10-22(11-9-21)17(24)13-2-4-14(18)5-3-13/h2-5H,6-11H2,1H3. The fourth-order valence-electron chi connectivity index (χ4n) is 2.74. The lowest BCUT2D eigenvalue weighted by atomic mass is 10.1. The van der Waals surface area contributed by atoms with Crippen LogP contribution >= 0.6 is 11.6 Å². The van der Waals surface area contributed by atoms with Crippen LogP contribution in [0, 0.1) is 6.92 Å². The zero-order chi connectivity index (χ0) is 17.8. The number of carbonyl (C=O) groups excluding carboxylic acids is 2. The van der Waals surface area contributed by atoms with E-state index in [9.17, 15) is 9.59 Å². The molecule has 3 rings (SSSR count). The highest BCUT2D eigenvalue weighted by atomic mass is 35.5. The molecule has 1 aromatic heterocycles. The lowest BCUT2D eigenvalue weighted by Gasteiger charge is -2.34. The molecule has 1 aliphatic heterocycles. The van der Waals surface area contributed by atoms with Gasteiger partial charge < -0.3 is 14.2 Å². The van der Waals surface area contributed by atoms with Crippen LogP contribution in [0.5, 0.6) is 0 Å². The summed E-state index contributed by atoms with van der Waals surface area (Å²) in [5.74, 6) is 0.971. The number of amides is 2. The zero-order valence-electron chi connectivity index (χ0n) is 13.9. The summed E-state index contributed by atoms with van der Waals surface area (Å²) in [5.41, 5.74) is 0.607. The summed E-state index contributed by atoms with van der Waals surface area (Å²) >= 11 is 5.85. The summed E-state index contributed by atoms with van der Waals surface area (Å²) in [6, 6.07) is 6.84. The van der Waals surface area contributed by atoms with E-state index in [2.05, 4.69) is 10.2 Å². The molecule has 0 radical (unpaired) electrons. The van der Waals surface area contributed by atoms with Gasteiger partial charge in [0.25, 0.3) is 5.91 Å². The van der Waals surface area contributed by atoms with E-state index in [0.29, 0.717) is 61.4 Å². The summed E-state index contributed by atoms with van der Waals surface area (Å²) in [5, 5.41) is 8.24. The van der Waals surface area contributed by atoms with Crippen molar-refractivity contribution in [3.63, 3.8) is 0 Å². The van der Waals surface area contributed by atoms with Crippen molar-refractivity contribution in [3.8, 4) is 0 Å². The van der Waals surface area contributed by atoms with Crippen LogP contribution in [0.1, 0.15) is 28.6 Å². The van der Waals surface area contributed by atoms with Crippen molar-refractivity contribution < 1.29 is 14.0 Å². The van der Waals surface area contributed by atoms with Crippen LogP contribution in [-0.2, 0) is 11.2 Å². The van der Waals surface area contributed by atoms with Gasteiger partial charge in [-0.05, 0) is 24.3 Å². The maximum absolute atomic E-state index is 12.5. The second-order valence-corrected chi connectivity index (χ2v) is 6.33. The number of hydrogen-bond acceptors (Lipinski definition) is 5. The van der Waals surface area contributed by atoms with Gasteiger partial charge >= 0.3 is 0 Å². The molecule has 0 atom stereocenters. The first-order chi connectivity index (χ1) is 12.0.